The third kappa shape index (κ3) is 4.57. The second-order valence-electron chi connectivity index (χ2n) is 10.1. The van der Waals surface area contributed by atoms with Crippen LogP contribution in [0, 0.1) is 5.41 Å². The van der Waals surface area contributed by atoms with E-state index in [0.29, 0.717) is 12.3 Å². The average Bonchev–Trinajstić information content (AvgIpc) is 3.32. The van der Waals surface area contributed by atoms with Crippen molar-refractivity contribution in [1.82, 2.24) is 19.6 Å². The molecule has 5 aliphatic rings. The van der Waals surface area contributed by atoms with Gasteiger partial charge in [-0.05, 0) is 0 Å². The van der Waals surface area contributed by atoms with Crippen LogP contribution in [0.2, 0.25) is 0 Å². The van der Waals surface area contributed by atoms with E-state index in [0.717, 1.165) is 67.1 Å². The lowest BCUT2D eigenvalue weighted by atomic mass is 9.71. The minimum Gasteiger partial charge on any atom is -0.477 e. The van der Waals surface area contributed by atoms with E-state index in [1.54, 1.807) is 7.11 Å². The monoisotopic (exact) mass is 552 g/mol. The summed E-state index contributed by atoms with van der Waals surface area (Å²) in [5.74, 6) is -1.83. The Hall–Kier alpha value is -2.75. The number of piperidine rings is 3. The fourth-order valence-corrected chi connectivity index (χ4v) is 7.69. The smallest absolute Gasteiger partial charge is 0.352 e. The number of aliphatic carboxylic acids is 1. The van der Waals surface area contributed by atoms with E-state index in [1.807, 2.05) is 0 Å². The molecule has 4 fully saturated rings. The van der Waals surface area contributed by atoms with E-state index < -0.39 is 29.2 Å². The number of β-lactam (4-membered cyclic amide) rings is 1. The largest absolute Gasteiger partial charge is 0.477 e. The molecule has 200 valence electrons. The zero-order valence-corrected chi connectivity index (χ0v) is 22.3. The number of carbonyl (C=O) groups is 3. The molecule has 0 spiro atoms. The summed E-state index contributed by atoms with van der Waals surface area (Å²) < 4.78 is 10.3. The maximum atomic E-state index is 13.1. The van der Waals surface area contributed by atoms with Crippen molar-refractivity contribution in [2.24, 2.45) is 10.6 Å². The van der Waals surface area contributed by atoms with Gasteiger partial charge in [0.25, 0.3) is 11.8 Å². The summed E-state index contributed by atoms with van der Waals surface area (Å²) in [4.78, 5) is 48.4. The van der Waals surface area contributed by atoms with Crippen molar-refractivity contribution in [1.29, 1.82) is 0 Å². The van der Waals surface area contributed by atoms with Crippen LogP contribution in [0.15, 0.2) is 16.4 Å². The summed E-state index contributed by atoms with van der Waals surface area (Å²) in [7, 11) is 3.02. The van der Waals surface area contributed by atoms with Gasteiger partial charge in [-0.1, -0.05) is 5.16 Å². The number of oxime groups is 1. The molecular formula is C22H30N7O6S2+. The molecule has 1 aromatic rings. The topological polar surface area (TPSA) is 169 Å². The lowest BCUT2D eigenvalue weighted by Crippen LogP contribution is -2.71. The van der Waals surface area contributed by atoms with Crippen molar-refractivity contribution >= 4 is 51.9 Å². The van der Waals surface area contributed by atoms with Gasteiger partial charge in [0.2, 0.25) is 11.5 Å². The summed E-state index contributed by atoms with van der Waals surface area (Å²) in [6, 6.07) is -0.905. The molecule has 2 amide bonds. The highest BCUT2D eigenvalue weighted by Gasteiger charge is 2.56. The number of carbonyl (C=O) groups excluding carboxylic acids is 2. The normalized spacial score (nSPS) is 31.1. The first-order chi connectivity index (χ1) is 17.7. The Bertz CT molecular complexity index is 1160. The Morgan fingerprint density at radius 1 is 1.30 bits per heavy atom. The van der Waals surface area contributed by atoms with Crippen LogP contribution in [0.25, 0.3) is 0 Å². The minimum absolute atomic E-state index is 0.0123. The third-order valence-electron chi connectivity index (χ3n) is 7.91. The molecule has 15 heteroatoms. The van der Waals surface area contributed by atoms with Crippen LogP contribution < -0.4 is 11.1 Å². The predicted octanol–water partition coefficient (Wildman–Crippen LogP) is -0.143. The van der Waals surface area contributed by atoms with Gasteiger partial charge in [-0.3, -0.25) is 14.5 Å². The van der Waals surface area contributed by atoms with Gasteiger partial charge in [0.15, 0.2) is 5.13 Å². The minimum atomic E-state index is -1.12. The molecule has 5 aliphatic heterocycles. The summed E-state index contributed by atoms with van der Waals surface area (Å²) in [6.45, 7) is 4.34. The molecule has 13 nitrogen and oxygen atoms in total. The number of thioether (sulfide) groups is 1. The standard InChI is InChI=1S/C22H29N7O6S2/c1-34-11-22-3-6-29(7-4-22,8-5-22)9-12-10-36-19-14(18(31)28(19)15(12)20(32)33)24-17(30)13(26-35-2)16-25-21(23)37-27-16/h14,19H,3-11H2,1-2H3,(H3-,23,24,25,27,30,32,33)/p+1/b26-13-/t14-,19-,22?,29?/m1/s1. The maximum absolute atomic E-state index is 13.1. The van der Waals surface area contributed by atoms with Crippen molar-refractivity contribution < 1.29 is 33.5 Å². The summed E-state index contributed by atoms with van der Waals surface area (Å²) in [6.07, 6.45) is 3.19. The average molecular weight is 553 g/mol. The van der Waals surface area contributed by atoms with Crippen molar-refractivity contribution in [2.75, 3.05) is 58.5 Å². The maximum Gasteiger partial charge on any atom is 0.352 e. The summed E-state index contributed by atoms with van der Waals surface area (Å²) in [5.41, 5.74) is 6.46. The predicted molar refractivity (Wildman–Crippen MR) is 135 cm³/mol. The van der Waals surface area contributed by atoms with Crippen LogP contribution in [-0.2, 0) is 24.0 Å². The number of nitrogens with zero attached hydrogens (tertiary/aromatic N) is 5. The number of nitrogen functional groups attached to an aromatic ring is 1. The van der Waals surface area contributed by atoms with Crippen LogP contribution in [0.4, 0.5) is 5.13 Å². The van der Waals surface area contributed by atoms with E-state index in [1.165, 1.54) is 23.8 Å². The Labute approximate surface area is 221 Å². The lowest BCUT2D eigenvalue weighted by Gasteiger charge is -2.56. The number of amides is 2. The van der Waals surface area contributed by atoms with Crippen LogP contribution >= 0.6 is 23.3 Å². The molecule has 6 heterocycles. The molecule has 4 N–H and O–H groups in total. The molecule has 0 unspecified atom stereocenters. The number of anilines is 1. The molecule has 2 bridgehead atoms. The molecule has 37 heavy (non-hydrogen) atoms. The van der Waals surface area contributed by atoms with Crippen LogP contribution in [-0.4, -0.2) is 112 Å². The number of hydrogen-bond acceptors (Lipinski definition) is 11. The van der Waals surface area contributed by atoms with Crippen molar-refractivity contribution in [3.8, 4) is 0 Å². The summed E-state index contributed by atoms with van der Waals surface area (Å²) in [5, 5.41) is 16.1. The Balaban J connectivity index is 1.31. The zero-order valence-electron chi connectivity index (χ0n) is 20.6. The summed E-state index contributed by atoms with van der Waals surface area (Å²) >= 11 is 2.36. The van der Waals surface area contributed by atoms with Crippen LogP contribution in [0.3, 0.4) is 0 Å². The number of ether oxygens (including phenoxy) is 1. The number of rotatable bonds is 9. The molecule has 0 radical (unpaired) electrons. The van der Waals surface area contributed by atoms with Gasteiger partial charge in [-0.15, -0.1) is 11.8 Å². The highest BCUT2D eigenvalue weighted by atomic mass is 32.2. The highest BCUT2D eigenvalue weighted by molar-refractivity contribution is 8.00. The van der Waals surface area contributed by atoms with Gasteiger partial charge in [0.05, 0.1) is 26.2 Å². The van der Waals surface area contributed by atoms with E-state index >= 15 is 0 Å². The van der Waals surface area contributed by atoms with Crippen molar-refractivity contribution in [3.05, 3.63) is 17.1 Å². The lowest BCUT2D eigenvalue weighted by molar-refractivity contribution is -0.941. The van der Waals surface area contributed by atoms with Gasteiger partial charge >= 0.3 is 5.97 Å². The van der Waals surface area contributed by atoms with E-state index in [-0.39, 0.29) is 27.8 Å². The fourth-order valence-electron chi connectivity index (χ4n) is 5.92. The number of quaternary nitrogens is 1. The Morgan fingerprint density at radius 3 is 2.57 bits per heavy atom. The molecule has 1 aromatic heterocycles. The second-order valence-corrected chi connectivity index (χ2v) is 11.9. The number of hydrogen-bond donors (Lipinski definition) is 3. The van der Waals surface area contributed by atoms with E-state index in [2.05, 4.69) is 19.8 Å². The molecule has 6 rings (SSSR count). The van der Waals surface area contributed by atoms with Crippen LogP contribution in [0.1, 0.15) is 25.1 Å². The van der Waals surface area contributed by atoms with Crippen molar-refractivity contribution in [3.63, 3.8) is 0 Å². The first kappa shape index (κ1) is 25.9. The number of nitrogens with two attached hydrogens (primary N) is 1. The number of fused-ring (bicyclic) bond motifs is 4. The zero-order chi connectivity index (χ0) is 26.4. The molecule has 0 saturated carbocycles. The molecular weight excluding hydrogens is 522 g/mol. The van der Waals surface area contributed by atoms with Crippen LogP contribution in [0.5, 0.6) is 0 Å². The van der Waals surface area contributed by atoms with Gasteiger partial charge in [0, 0.05) is 54.6 Å². The van der Waals surface area contributed by atoms with Crippen molar-refractivity contribution in [2.45, 2.75) is 30.7 Å². The van der Waals surface area contributed by atoms with Gasteiger partial charge in [0.1, 0.15) is 30.8 Å². The fraction of sp³-hybridized carbons (Fsp3) is 0.636. The number of aromatic nitrogens is 2. The number of carboxylic acids is 1. The molecule has 2 atom stereocenters. The molecule has 0 aromatic carbocycles. The second kappa shape index (κ2) is 9.85. The first-order valence-corrected chi connectivity index (χ1v) is 13.8. The number of nitrogens with one attached hydrogen (secondary N) is 1. The Morgan fingerprint density at radius 2 is 2.00 bits per heavy atom. The van der Waals surface area contributed by atoms with E-state index in [4.69, 9.17) is 15.3 Å². The first-order valence-electron chi connectivity index (χ1n) is 12.0. The number of carboxylic acid groups (broad SMARTS) is 1. The van der Waals surface area contributed by atoms with E-state index in [9.17, 15) is 19.5 Å². The quantitative estimate of drug-likeness (QED) is 0.162. The third-order valence-corrected chi connectivity index (χ3v) is 9.80. The van der Waals surface area contributed by atoms with Gasteiger partial charge < -0.3 is 30.2 Å². The highest BCUT2D eigenvalue weighted by Crippen LogP contribution is 2.46. The SMILES string of the molecule is COCC12CC[N+](CC3=C(C(=O)O)N4C(=O)[C@@H](NC(=O)/C(=N\OC)c5nsc(N)n5)[C@H]4SC3)(CC1)CC2. The number of methoxy groups -OCH3 is 1. The van der Waals surface area contributed by atoms with Gasteiger partial charge in [-0.2, -0.15) is 9.36 Å². The van der Waals surface area contributed by atoms with Gasteiger partial charge in [-0.25, -0.2) is 4.79 Å². The molecule has 4 saturated heterocycles. The Kier molecular flexibility index (Phi) is 6.89. The molecule has 0 aliphatic carbocycles.